The molecule has 33 heavy (non-hydrogen) atoms. The van der Waals surface area contributed by atoms with Gasteiger partial charge in [0.15, 0.2) is 0 Å². The maximum absolute atomic E-state index is 12.4. The number of nitrogens with one attached hydrogen (secondary N) is 1. The number of hydrogen-bond donors (Lipinski definition) is 1. The predicted molar refractivity (Wildman–Crippen MR) is 119 cm³/mol. The molecule has 4 rings (SSSR count). The van der Waals surface area contributed by atoms with Gasteiger partial charge < -0.3 is 14.8 Å². The van der Waals surface area contributed by atoms with Gasteiger partial charge in [-0.2, -0.15) is 0 Å². The molecule has 0 aliphatic carbocycles. The van der Waals surface area contributed by atoms with Crippen molar-refractivity contribution in [3.63, 3.8) is 0 Å². The second-order valence-electron chi connectivity index (χ2n) is 7.39. The van der Waals surface area contributed by atoms with Crippen LogP contribution in [0.15, 0.2) is 66.7 Å². The van der Waals surface area contributed by atoms with Crippen molar-refractivity contribution >= 4 is 29.4 Å². The van der Waals surface area contributed by atoms with E-state index in [0.717, 1.165) is 4.90 Å². The Bertz CT molecular complexity index is 1250. The molecule has 8 heteroatoms. The quantitative estimate of drug-likeness (QED) is 0.461. The zero-order chi connectivity index (χ0) is 23.5. The Balaban J connectivity index is 1.36. The van der Waals surface area contributed by atoms with Crippen molar-refractivity contribution < 1.29 is 28.7 Å². The molecule has 1 N–H and O–H groups in total. The summed E-state index contributed by atoms with van der Waals surface area (Å²) in [6.45, 7) is -0.0108. The van der Waals surface area contributed by atoms with Crippen LogP contribution in [0.4, 0.5) is 5.69 Å². The van der Waals surface area contributed by atoms with E-state index in [1.165, 1.54) is 25.2 Å². The summed E-state index contributed by atoms with van der Waals surface area (Å²) in [6.07, 6.45) is 0. The van der Waals surface area contributed by atoms with E-state index < -0.39 is 17.8 Å². The summed E-state index contributed by atoms with van der Waals surface area (Å²) in [5.41, 5.74) is 2.41. The molecular weight excluding hydrogens is 424 g/mol. The molecular formula is C25H20N2O6. The smallest absolute Gasteiger partial charge is 0.338 e. The van der Waals surface area contributed by atoms with E-state index in [1.54, 1.807) is 55.6 Å². The van der Waals surface area contributed by atoms with E-state index >= 15 is 0 Å². The number of ether oxygens (including phenoxy) is 2. The Labute approximate surface area is 189 Å². The van der Waals surface area contributed by atoms with Gasteiger partial charge in [0.25, 0.3) is 17.7 Å². The molecule has 1 aliphatic rings. The number of benzene rings is 3. The summed E-state index contributed by atoms with van der Waals surface area (Å²) in [7, 11) is 2.96. The summed E-state index contributed by atoms with van der Waals surface area (Å²) in [4.78, 5) is 49.9. The lowest BCUT2D eigenvalue weighted by atomic mass is 10.1. The number of anilines is 1. The lowest BCUT2D eigenvalue weighted by molar-refractivity contribution is 0.0472. The van der Waals surface area contributed by atoms with Gasteiger partial charge in [-0.15, -0.1) is 0 Å². The van der Waals surface area contributed by atoms with Crippen molar-refractivity contribution in [1.29, 1.82) is 0 Å². The Kier molecular flexibility index (Phi) is 5.91. The van der Waals surface area contributed by atoms with Crippen LogP contribution in [0.5, 0.6) is 5.75 Å². The lowest BCUT2D eigenvalue weighted by Gasteiger charge is -2.08. The van der Waals surface area contributed by atoms with Crippen LogP contribution in [0, 0.1) is 0 Å². The molecule has 1 heterocycles. The molecule has 0 spiro atoms. The van der Waals surface area contributed by atoms with Crippen LogP contribution in [-0.4, -0.2) is 42.7 Å². The topological polar surface area (TPSA) is 102 Å². The number of amides is 3. The van der Waals surface area contributed by atoms with Crippen molar-refractivity contribution in [2.75, 3.05) is 19.5 Å². The van der Waals surface area contributed by atoms with Crippen molar-refractivity contribution in [2.24, 2.45) is 0 Å². The monoisotopic (exact) mass is 444 g/mol. The highest BCUT2D eigenvalue weighted by Gasteiger charge is 2.33. The molecule has 0 bridgehead atoms. The zero-order valence-corrected chi connectivity index (χ0v) is 18.0. The summed E-state index contributed by atoms with van der Waals surface area (Å²) < 4.78 is 10.4. The van der Waals surface area contributed by atoms with E-state index in [0.29, 0.717) is 22.6 Å². The summed E-state index contributed by atoms with van der Waals surface area (Å²) in [5.74, 6) is -1.04. The average molecular weight is 444 g/mol. The first-order valence-corrected chi connectivity index (χ1v) is 10.1. The van der Waals surface area contributed by atoms with E-state index in [1.807, 2.05) is 0 Å². The van der Waals surface area contributed by atoms with Crippen LogP contribution in [0.3, 0.4) is 0 Å². The average Bonchev–Trinajstić information content (AvgIpc) is 3.06. The SMILES string of the molecule is COc1ccc(NC(=O)c2ccc(COC(=O)c3ccc4c(c3)C(=O)N(C)C4=O)cc2)cc1. The fourth-order valence-electron chi connectivity index (χ4n) is 3.35. The number of hydrogen-bond acceptors (Lipinski definition) is 6. The van der Waals surface area contributed by atoms with Crippen LogP contribution in [0.2, 0.25) is 0 Å². The Morgan fingerprint density at radius 3 is 2.15 bits per heavy atom. The molecule has 166 valence electrons. The van der Waals surface area contributed by atoms with Crippen molar-refractivity contribution in [3.8, 4) is 5.75 Å². The van der Waals surface area contributed by atoms with Gasteiger partial charge in [0.05, 0.1) is 23.8 Å². The van der Waals surface area contributed by atoms with Gasteiger partial charge in [-0.25, -0.2) is 4.79 Å². The fraction of sp³-hybridized carbons (Fsp3) is 0.120. The third-order valence-corrected chi connectivity index (χ3v) is 5.26. The van der Waals surface area contributed by atoms with Crippen LogP contribution < -0.4 is 10.1 Å². The number of methoxy groups -OCH3 is 1. The predicted octanol–water partition coefficient (Wildman–Crippen LogP) is 3.53. The fourth-order valence-corrected chi connectivity index (χ4v) is 3.35. The zero-order valence-electron chi connectivity index (χ0n) is 18.0. The van der Waals surface area contributed by atoms with E-state index in [2.05, 4.69) is 5.32 Å². The molecule has 0 saturated carbocycles. The number of rotatable bonds is 6. The third-order valence-electron chi connectivity index (χ3n) is 5.26. The van der Waals surface area contributed by atoms with Crippen molar-refractivity contribution in [1.82, 2.24) is 4.90 Å². The summed E-state index contributed by atoms with van der Waals surface area (Å²) in [6, 6.07) is 17.9. The van der Waals surface area contributed by atoms with E-state index in [9.17, 15) is 19.2 Å². The number of fused-ring (bicyclic) bond motifs is 1. The molecule has 0 fully saturated rings. The Morgan fingerprint density at radius 1 is 0.848 bits per heavy atom. The first-order chi connectivity index (χ1) is 15.9. The van der Waals surface area contributed by atoms with Crippen LogP contribution in [0.1, 0.15) is 47.0 Å². The Morgan fingerprint density at radius 2 is 1.48 bits per heavy atom. The van der Waals surface area contributed by atoms with Gasteiger partial charge in [-0.3, -0.25) is 19.3 Å². The standard InChI is InChI=1S/C25H20N2O6/c1-27-23(29)20-12-7-17(13-21(20)24(27)30)25(31)33-14-15-3-5-16(6-4-15)22(28)26-18-8-10-19(32-2)11-9-18/h3-13H,14H2,1-2H3,(H,26,28). The third kappa shape index (κ3) is 4.45. The number of carbonyl (C=O) groups excluding carboxylic acids is 4. The molecule has 3 aromatic rings. The molecule has 0 radical (unpaired) electrons. The molecule has 8 nitrogen and oxygen atoms in total. The van der Waals surface area contributed by atoms with Gasteiger partial charge in [0.2, 0.25) is 0 Å². The van der Waals surface area contributed by atoms with Gasteiger partial charge in [-0.05, 0) is 60.2 Å². The normalized spacial score (nSPS) is 12.4. The van der Waals surface area contributed by atoms with E-state index in [4.69, 9.17) is 9.47 Å². The maximum atomic E-state index is 12.4. The number of imide groups is 1. The Hall–Kier alpha value is -4.46. The highest BCUT2D eigenvalue weighted by atomic mass is 16.5. The van der Waals surface area contributed by atoms with Crippen molar-refractivity contribution in [3.05, 3.63) is 94.5 Å². The number of nitrogens with zero attached hydrogens (tertiary/aromatic N) is 1. The maximum Gasteiger partial charge on any atom is 0.338 e. The van der Waals surface area contributed by atoms with Gasteiger partial charge in [0, 0.05) is 18.3 Å². The minimum atomic E-state index is -0.617. The first kappa shape index (κ1) is 21.8. The summed E-state index contributed by atoms with van der Waals surface area (Å²) >= 11 is 0. The van der Waals surface area contributed by atoms with Crippen LogP contribution >= 0.6 is 0 Å². The second-order valence-corrected chi connectivity index (χ2v) is 7.39. The molecule has 0 aromatic heterocycles. The van der Waals surface area contributed by atoms with Gasteiger partial charge >= 0.3 is 5.97 Å². The van der Waals surface area contributed by atoms with Crippen LogP contribution in [-0.2, 0) is 11.3 Å². The molecule has 0 saturated heterocycles. The largest absolute Gasteiger partial charge is 0.497 e. The van der Waals surface area contributed by atoms with Gasteiger partial charge in [0.1, 0.15) is 12.4 Å². The van der Waals surface area contributed by atoms with Crippen LogP contribution in [0.25, 0.3) is 0 Å². The number of carbonyl (C=O) groups is 4. The lowest BCUT2D eigenvalue weighted by Crippen LogP contribution is -2.24. The van der Waals surface area contributed by atoms with Gasteiger partial charge in [-0.1, -0.05) is 12.1 Å². The molecule has 1 aliphatic heterocycles. The second kappa shape index (κ2) is 8.96. The summed E-state index contributed by atoms with van der Waals surface area (Å²) in [5, 5.41) is 2.80. The number of esters is 1. The molecule has 3 amide bonds. The minimum absolute atomic E-state index is 0.0108. The van der Waals surface area contributed by atoms with Crippen molar-refractivity contribution in [2.45, 2.75) is 6.61 Å². The minimum Gasteiger partial charge on any atom is -0.497 e. The van der Waals surface area contributed by atoms with E-state index in [-0.39, 0.29) is 29.2 Å². The highest BCUT2D eigenvalue weighted by Crippen LogP contribution is 2.23. The first-order valence-electron chi connectivity index (χ1n) is 10.1. The molecule has 0 unspecified atom stereocenters. The molecule has 0 atom stereocenters. The highest BCUT2D eigenvalue weighted by molar-refractivity contribution is 6.21. The molecule has 3 aromatic carbocycles.